The van der Waals surface area contributed by atoms with Crippen LogP contribution in [0.15, 0.2) is 34.1 Å². The average Bonchev–Trinajstić information content (AvgIpc) is 3.05. The predicted octanol–water partition coefficient (Wildman–Crippen LogP) is 3.28. The Hall–Kier alpha value is -1.73. The number of carbonyl (C=O) groups is 2. The zero-order chi connectivity index (χ0) is 17.8. The van der Waals surface area contributed by atoms with Gasteiger partial charge in [0.15, 0.2) is 0 Å². The Bertz CT molecular complexity index is 793. The van der Waals surface area contributed by atoms with Gasteiger partial charge in [0, 0.05) is 30.9 Å². The molecule has 25 heavy (non-hydrogen) atoms. The molecule has 1 aliphatic heterocycles. The Morgan fingerprint density at radius 3 is 2.96 bits per heavy atom. The van der Waals surface area contributed by atoms with Gasteiger partial charge in [-0.2, -0.15) is 0 Å². The average molecular weight is 425 g/mol. The van der Waals surface area contributed by atoms with Gasteiger partial charge in [0.25, 0.3) is 0 Å². The maximum Gasteiger partial charge on any atom is 0.224 e. The summed E-state index contributed by atoms with van der Waals surface area (Å²) in [7, 11) is 0. The van der Waals surface area contributed by atoms with Crippen LogP contribution in [-0.2, 0) is 29.0 Å². The fourth-order valence-electron chi connectivity index (χ4n) is 2.83. The van der Waals surface area contributed by atoms with Crippen molar-refractivity contribution in [2.24, 2.45) is 0 Å². The van der Waals surface area contributed by atoms with E-state index in [4.69, 9.17) is 0 Å². The Morgan fingerprint density at radius 1 is 1.32 bits per heavy atom. The Morgan fingerprint density at radius 2 is 2.16 bits per heavy atom. The van der Waals surface area contributed by atoms with Crippen molar-refractivity contribution < 1.29 is 14.0 Å². The summed E-state index contributed by atoms with van der Waals surface area (Å²) in [6, 6.07) is 6.57. The summed E-state index contributed by atoms with van der Waals surface area (Å²) < 4.78 is 13.5. The number of carbonyl (C=O) groups excluding carboxylic acids is 2. The highest BCUT2D eigenvalue weighted by atomic mass is 79.9. The molecule has 0 unspecified atom stereocenters. The number of amides is 2. The van der Waals surface area contributed by atoms with E-state index in [1.165, 1.54) is 16.5 Å². The molecule has 0 atom stereocenters. The second-order valence-corrected chi connectivity index (χ2v) is 7.81. The molecule has 3 rings (SSSR count). The van der Waals surface area contributed by atoms with Gasteiger partial charge in [0.05, 0.1) is 10.9 Å². The minimum Gasteiger partial charge on any atom is -0.355 e. The molecule has 0 saturated heterocycles. The largest absolute Gasteiger partial charge is 0.355 e. The van der Waals surface area contributed by atoms with E-state index in [9.17, 15) is 14.0 Å². The lowest BCUT2D eigenvalue weighted by molar-refractivity contribution is -0.132. The summed E-state index contributed by atoms with van der Waals surface area (Å²) in [5, 5.41) is 4.82. The summed E-state index contributed by atoms with van der Waals surface area (Å²) in [6.07, 6.45) is 1.36. The maximum absolute atomic E-state index is 13.2. The zero-order valence-corrected chi connectivity index (χ0v) is 16.0. The molecule has 2 amide bonds. The Balaban J connectivity index is 1.42. The van der Waals surface area contributed by atoms with Gasteiger partial charge in [-0.05, 0) is 57.1 Å². The number of thiophene rings is 1. The van der Waals surface area contributed by atoms with Crippen LogP contribution in [0.4, 0.5) is 4.39 Å². The van der Waals surface area contributed by atoms with Crippen LogP contribution in [0.1, 0.15) is 22.4 Å². The molecule has 1 aromatic heterocycles. The van der Waals surface area contributed by atoms with Crippen LogP contribution < -0.4 is 5.32 Å². The molecule has 1 aliphatic rings. The van der Waals surface area contributed by atoms with Crippen molar-refractivity contribution in [3.8, 4) is 0 Å². The number of benzene rings is 1. The first-order valence-electron chi connectivity index (χ1n) is 8.06. The Kier molecular flexibility index (Phi) is 5.86. The minimum atomic E-state index is -0.356. The first-order valence-corrected chi connectivity index (χ1v) is 9.74. The number of nitrogens with one attached hydrogen (secondary N) is 1. The summed E-state index contributed by atoms with van der Waals surface area (Å²) in [4.78, 5) is 27.4. The standard InChI is InChI=1S/C18H18BrFN2O2S/c19-14-9-12(1-2-15(14)20)10-17(23)21-6-3-18(24)22-7-4-16-13(11-22)5-8-25-16/h1-2,5,8-9H,3-4,6-7,10-11H2,(H,21,23). The van der Waals surface area contributed by atoms with Gasteiger partial charge < -0.3 is 10.2 Å². The van der Waals surface area contributed by atoms with E-state index in [1.807, 2.05) is 4.90 Å². The molecule has 0 fully saturated rings. The molecular formula is C18H18BrFN2O2S. The molecule has 0 radical (unpaired) electrons. The molecule has 0 spiro atoms. The second-order valence-electron chi connectivity index (χ2n) is 5.96. The van der Waals surface area contributed by atoms with Crippen molar-refractivity contribution in [2.45, 2.75) is 25.8 Å². The number of halogens is 2. The van der Waals surface area contributed by atoms with Crippen LogP contribution in [0.5, 0.6) is 0 Å². The summed E-state index contributed by atoms with van der Waals surface area (Å²) in [6.45, 7) is 1.71. The highest BCUT2D eigenvalue weighted by Gasteiger charge is 2.21. The van der Waals surface area contributed by atoms with Gasteiger partial charge in [0.1, 0.15) is 5.82 Å². The van der Waals surface area contributed by atoms with Gasteiger partial charge in [-0.25, -0.2) is 4.39 Å². The number of fused-ring (bicyclic) bond motifs is 1. The van der Waals surface area contributed by atoms with E-state index in [1.54, 1.807) is 23.5 Å². The highest BCUT2D eigenvalue weighted by molar-refractivity contribution is 9.10. The monoisotopic (exact) mass is 424 g/mol. The van der Waals surface area contributed by atoms with Crippen LogP contribution in [0.3, 0.4) is 0 Å². The Labute approximate surface area is 158 Å². The first kappa shape index (κ1) is 18.1. The third kappa shape index (κ3) is 4.67. The highest BCUT2D eigenvalue weighted by Crippen LogP contribution is 2.24. The first-order chi connectivity index (χ1) is 12.0. The number of rotatable bonds is 5. The van der Waals surface area contributed by atoms with Crippen LogP contribution >= 0.6 is 27.3 Å². The summed E-state index contributed by atoms with van der Waals surface area (Å²) >= 11 is 4.85. The normalized spacial score (nSPS) is 13.4. The number of hydrogen-bond acceptors (Lipinski definition) is 3. The summed E-state index contributed by atoms with van der Waals surface area (Å²) in [5.41, 5.74) is 1.95. The molecule has 1 aromatic carbocycles. The fraction of sp³-hybridized carbons (Fsp3) is 0.333. The molecule has 0 saturated carbocycles. The minimum absolute atomic E-state index is 0.0571. The van der Waals surface area contributed by atoms with Crippen molar-refractivity contribution in [3.05, 3.63) is 55.9 Å². The van der Waals surface area contributed by atoms with Gasteiger partial charge in [-0.3, -0.25) is 9.59 Å². The quantitative estimate of drug-likeness (QED) is 0.800. The van der Waals surface area contributed by atoms with E-state index in [-0.39, 0.29) is 24.1 Å². The molecule has 7 heteroatoms. The zero-order valence-electron chi connectivity index (χ0n) is 13.6. The second kappa shape index (κ2) is 8.10. The van der Waals surface area contributed by atoms with Crippen molar-refractivity contribution in [2.75, 3.05) is 13.1 Å². The predicted molar refractivity (Wildman–Crippen MR) is 98.9 cm³/mol. The van der Waals surface area contributed by atoms with E-state index in [2.05, 4.69) is 32.7 Å². The van der Waals surface area contributed by atoms with E-state index in [0.717, 1.165) is 18.5 Å². The lowest BCUT2D eigenvalue weighted by Crippen LogP contribution is -2.37. The van der Waals surface area contributed by atoms with Crippen LogP contribution in [0, 0.1) is 5.82 Å². The van der Waals surface area contributed by atoms with Gasteiger partial charge >= 0.3 is 0 Å². The number of nitrogens with zero attached hydrogens (tertiary/aromatic N) is 1. The van der Waals surface area contributed by atoms with Crippen molar-refractivity contribution in [3.63, 3.8) is 0 Å². The van der Waals surface area contributed by atoms with Crippen LogP contribution in [0.2, 0.25) is 0 Å². The lowest BCUT2D eigenvalue weighted by atomic mass is 10.1. The molecule has 2 aromatic rings. The van der Waals surface area contributed by atoms with Gasteiger partial charge in [-0.1, -0.05) is 6.07 Å². The number of hydrogen-bond donors (Lipinski definition) is 1. The lowest BCUT2D eigenvalue weighted by Gasteiger charge is -2.27. The van der Waals surface area contributed by atoms with Crippen LogP contribution in [0.25, 0.3) is 0 Å². The van der Waals surface area contributed by atoms with Crippen molar-refractivity contribution in [1.82, 2.24) is 10.2 Å². The van der Waals surface area contributed by atoms with Crippen molar-refractivity contribution >= 4 is 39.1 Å². The summed E-state index contributed by atoms with van der Waals surface area (Å²) in [5.74, 6) is -0.475. The molecule has 1 N–H and O–H groups in total. The maximum atomic E-state index is 13.2. The van der Waals surface area contributed by atoms with Crippen LogP contribution in [-0.4, -0.2) is 29.8 Å². The molecule has 132 valence electrons. The van der Waals surface area contributed by atoms with E-state index in [0.29, 0.717) is 24.0 Å². The molecule has 0 bridgehead atoms. The van der Waals surface area contributed by atoms with Gasteiger partial charge in [0.2, 0.25) is 11.8 Å². The molecule has 4 nitrogen and oxygen atoms in total. The topological polar surface area (TPSA) is 49.4 Å². The molecular weight excluding hydrogens is 407 g/mol. The van der Waals surface area contributed by atoms with Gasteiger partial charge in [-0.15, -0.1) is 11.3 Å². The molecule has 2 heterocycles. The smallest absolute Gasteiger partial charge is 0.224 e. The fourth-order valence-corrected chi connectivity index (χ4v) is 4.14. The van der Waals surface area contributed by atoms with Crippen molar-refractivity contribution in [1.29, 1.82) is 0 Å². The van der Waals surface area contributed by atoms with E-state index < -0.39 is 0 Å². The third-order valence-corrected chi connectivity index (χ3v) is 5.80. The molecule has 0 aliphatic carbocycles. The van der Waals surface area contributed by atoms with E-state index >= 15 is 0 Å². The SMILES string of the molecule is O=C(Cc1ccc(F)c(Br)c1)NCCC(=O)N1CCc2sccc2C1. The third-order valence-electron chi connectivity index (χ3n) is 4.17.